The lowest BCUT2D eigenvalue weighted by Gasteiger charge is -2.19. The number of carbonyl (C=O) groups excluding carboxylic acids is 1. The van der Waals surface area contributed by atoms with Gasteiger partial charge in [0.2, 0.25) is 16.1 Å². The quantitative estimate of drug-likeness (QED) is 0.624. The first-order chi connectivity index (χ1) is 8.96. The van der Waals surface area contributed by atoms with Crippen molar-refractivity contribution in [3.05, 3.63) is 29.8 Å². The first-order valence-corrected chi connectivity index (χ1v) is 6.94. The van der Waals surface area contributed by atoms with Gasteiger partial charge in [-0.25, -0.2) is 22.0 Å². The average Bonchev–Trinajstić information content (AvgIpc) is 2.82. The van der Waals surface area contributed by atoms with Gasteiger partial charge in [-0.1, -0.05) is 0 Å². The first kappa shape index (κ1) is 13.8. The second-order valence-electron chi connectivity index (χ2n) is 4.03. The van der Waals surface area contributed by atoms with Gasteiger partial charge in [-0.2, -0.15) is 9.30 Å². The number of nitrogens with zero attached hydrogens (tertiary/aromatic N) is 2. The second kappa shape index (κ2) is 5.16. The fourth-order valence-electron chi connectivity index (χ4n) is 1.97. The van der Waals surface area contributed by atoms with Crippen LogP contribution in [0.2, 0.25) is 0 Å². The Kier molecular flexibility index (Phi) is 3.75. The van der Waals surface area contributed by atoms with E-state index < -0.39 is 27.8 Å². The molecule has 1 aliphatic rings. The standard InChI is InChI=1S/C11H10F2N2O3S/c12-9-4-3-8(6-10(9)13)19(17,18)15-5-1-2-11(15)14-7-16/h3-4,6,11H,1-2,5H2. The van der Waals surface area contributed by atoms with Gasteiger partial charge in [0.25, 0.3) is 0 Å². The molecule has 5 nitrogen and oxygen atoms in total. The molecule has 1 aromatic carbocycles. The van der Waals surface area contributed by atoms with E-state index in [1.165, 1.54) is 6.08 Å². The number of rotatable bonds is 3. The second-order valence-corrected chi connectivity index (χ2v) is 5.93. The van der Waals surface area contributed by atoms with Crippen LogP contribution in [-0.4, -0.2) is 31.5 Å². The highest BCUT2D eigenvalue weighted by Crippen LogP contribution is 2.27. The minimum Gasteiger partial charge on any atom is -0.211 e. The van der Waals surface area contributed by atoms with Gasteiger partial charge >= 0.3 is 0 Å². The third-order valence-corrected chi connectivity index (χ3v) is 4.77. The maximum atomic E-state index is 13.1. The number of hydrogen-bond donors (Lipinski definition) is 0. The highest BCUT2D eigenvalue weighted by atomic mass is 32.2. The molecule has 1 unspecified atom stereocenters. The zero-order valence-corrected chi connectivity index (χ0v) is 10.5. The lowest BCUT2D eigenvalue weighted by Crippen LogP contribution is -2.34. The van der Waals surface area contributed by atoms with Crippen molar-refractivity contribution < 1.29 is 22.0 Å². The molecular formula is C11H10F2N2O3S. The molecular weight excluding hydrogens is 278 g/mol. The van der Waals surface area contributed by atoms with Crippen LogP contribution in [-0.2, 0) is 14.8 Å². The Labute approximate surface area is 108 Å². The summed E-state index contributed by atoms with van der Waals surface area (Å²) in [7, 11) is -4.00. The SMILES string of the molecule is O=C=NC1CCCN1S(=O)(=O)c1ccc(F)c(F)c1. The summed E-state index contributed by atoms with van der Waals surface area (Å²) < 4.78 is 51.4. The summed E-state index contributed by atoms with van der Waals surface area (Å²) in [6, 6.07) is 2.34. The molecule has 0 amide bonds. The van der Waals surface area contributed by atoms with Crippen LogP contribution in [0.15, 0.2) is 28.1 Å². The maximum absolute atomic E-state index is 13.1. The van der Waals surface area contributed by atoms with Crippen LogP contribution < -0.4 is 0 Å². The lowest BCUT2D eigenvalue weighted by atomic mass is 10.3. The van der Waals surface area contributed by atoms with Crippen LogP contribution in [0, 0.1) is 11.6 Å². The van der Waals surface area contributed by atoms with E-state index in [4.69, 9.17) is 0 Å². The van der Waals surface area contributed by atoms with Crippen LogP contribution in [0.4, 0.5) is 8.78 Å². The van der Waals surface area contributed by atoms with E-state index in [0.717, 1.165) is 16.4 Å². The molecule has 0 N–H and O–H groups in total. The number of halogens is 2. The summed E-state index contributed by atoms with van der Waals surface area (Å²) in [6.45, 7) is 0.178. The Bertz CT molecular complexity index is 641. The summed E-state index contributed by atoms with van der Waals surface area (Å²) in [4.78, 5) is 13.3. The van der Waals surface area contributed by atoms with Gasteiger partial charge in [0, 0.05) is 6.54 Å². The van der Waals surface area contributed by atoms with Crippen LogP contribution in [0.5, 0.6) is 0 Å². The Morgan fingerprint density at radius 1 is 1.32 bits per heavy atom. The summed E-state index contributed by atoms with van der Waals surface area (Å²) in [5, 5.41) is 0. The van der Waals surface area contributed by atoms with Crippen molar-refractivity contribution in [3.63, 3.8) is 0 Å². The van der Waals surface area contributed by atoms with Crippen molar-refractivity contribution in [1.29, 1.82) is 0 Å². The number of hydrogen-bond acceptors (Lipinski definition) is 4. The van der Waals surface area contributed by atoms with E-state index in [0.29, 0.717) is 18.9 Å². The highest BCUT2D eigenvalue weighted by Gasteiger charge is 2.35. The van der Waals surface area contributed by atoms with Gasteiger partial charge in [-0.3, -0.25) is 0 Å². The molecule has 0 saturated carbocycles. The largest absolute Gasteiger partial charge is 0.245 e. The molecule has 1 aliphatic heterocycles. The topological polar surface area (TPSA) is 66.8 Å². The minimum absolute atomic E-state index is 0.178. The van der Waals surface area contributed by atoms with Crippen molar-refractivity contribution in [2.45, 2.75) is 23.9 Å². The fourth-order valence-corrected chi connectivity index (χ4v) is 3.57. The third-order valence-electron chi connectivity index (χ3n) is 2.87. The highest BCUT2D eigenvalue weighted by molar-refractivity contribution is 7.89. The van der Waals surface area contributed by atoms with Crippen LogP contribution in [0.3, 0.4) is 0 Å². The van der Waals surface area contributed by atoms with Gasteiger partial charge in [-0.05, 0) is 31.0 Å². The minimum atomic E-state index is -4.00. The van der Waals surface area contributed by atoms with Gasteiger partial charge in [0.1, 0.15) is 6.17 Å². The van der Waals surface area contributed by atoms with Crippen LogP contribution in [0.1, 0.15) is 12.8 Å². The molecule has 102 valence electrons. The molecule has 1 atom stereocenters. The van der Waals surface area contributed by atoms with E-state index >= 15 is 0 Å². The van der Waals surface area contributed by atoms with Crippen molar-refractivity contribution in [2.24, 2.45) is 4.99 Å². The van der Waals surface area contributed by atoms with Crippen molar-refractivity contribution in [2.75, 3.05) is 6.54 Å². The Hall–Kier alpha value is -1.63. The molecule has 0 spiro atoms. The Balaban J connectivity index is 2.41. The van der Waals surface area contributed by atoms with E-state index in [1.54, 1.807) is 0 Å². The number of benzene rings is 1. The molecule has 0 aliphatic carbocycles. The monoisotopic (exact) mass is 288 g/mol. The summed E-state index contributed by atoms with van der Waals surface area (Å²) in [5.41, 5.74) is 0. The van der Waals surface area contributed by atoms with E-state index in [9.17, 15) is 22.0 Å². The summed E-state index contributed by atoms with van der Waals surface area (Å²) in [6.07, 6.45) is 1.44. The predicted octanol–water partition coefficient (Wildman–Crippen LogP) is 1.41. The van der Waals surface area contributed by atoms with E-state index in [-0.39, 0.29) is 11.4 Å². The molecule has 0 bridgehead atoms. The van der Waals surface area contributed by atoms with Crippen molar-refractivity contribution in [1.82, 2.24) is 4.31 Å². The average molecular weight is 288 g/mol. The molecule has 19 heavy (non-hydrogen) atoms. The summed E-state index contributed by atoms with van der Waals surface area (Å²) in [5.74, 6) is -2.36. The molecule has 0 radical (unpaired) electrons. The molecule has 8 heteroatoms. The van der Waals surface area contributed by atoms with Crippen LogP contribution >= 0.6 is 0 Å². The molecule has 1 aromatic rings. The Morgan fingerprint density at radius 3 is 2.68 bits per heavy atom. The first-order valence-electron chi connectivity index (χ1n) is 5.50. The fraction of sp³-hybridized carbons (Fsp3) is 0.364. The summed E-state index contributed by atoms with van der Waals surface area (Å²) >= 11 is 0. The zero-order valence-electron chi connectivity index (χ0n) is 9.71. The molecule has 1 fully saturated rings. The number of sulfonamides is 1. The smallest absolute Gasteiger partial charge is 0.211 e. The van der Waals surface area contributed by atoms with Gasteiger partial charge in [-0.15, -0.1) is 0 Å². The van der Waals surface area contributed by atoms with Gasteiger partial charge < -0.3 is 0 Å². The molecule has 1 heterocycles. The molecule has 1 saturated heterocycles. The van der Waals surface area contributed by atoms with E-state index in [1.807, 2.05) is 0 Å². The van der Waals surface area contributed by atoms with Gasteiger partial charge in [0.15, 0.2) is 11.6 Å². The lowest BCUT2D eigenvalue weighted by molar-refractivity contribution is 0.395. The number of isocyanates is 1. The van der Waals surface area contributed by atoms with Crippen molar-refractivity contribution >= 4 is 16.1 Å². The Morgan fingerprint density at radius 2 is 2.05 bits per heavy atom. The zero-order chi connectivity index (χ0) is 14.0. The number of aliphatic imine (C=N–C) groups is 1. The maximum Gasteiger partial charge on any atom is 0.245 e. The predicted molar refractivity (Wildman–Crippen MR) is 61.4 cm³/mol. The third kappa shape index (κ3) is 2.56. The van der Waals surface area contributed by atoms with Crippen LogP contribution in [0.25, 0.3) is 0 Å². The van der Waals surface area contributed by atoms with Crippen molar-refractivity contribution in [3.8, 4) is 0 Å². The van der Waals surface area contributed by atoms with Gasteiger partial charge in [0.05, 0.1) is 4.90 Å². The molecule has 2 rings (SSSR count). The molecule has 0 aromatic heterocycles. The normalized spacial score (nSPS) is 20.2. The van der Waals surface area contributed by atoms with E-state index in [2.05, 4.69) is 4.99 Å².